The van der Waals surface area contributed by atoms with Crippen molar-refractivity contribution in [1.82, 2.24) is 4.90 Å². The van der Waals surface area contributed by atoms with Gasteiger partial charge in [-0.15, -0.1) is 11.3 Å². The average molecular weight is 426 g/mol. The number of benzene rings is 1. The van der Waals surface area contributed by atoms with Gasteiger partial charge in [-0.3, -0.25) is 4.79 Å². The van der Waals surface area contributed by atoms with E-state index in [4.69, 9.17) is 0 Å². The standard InChI is InChI=1S/C26H35NO2S/c1-9-25(6,29)15-14-20-12-13-21(16-18(20)4)26(10-2,11-3)22-17-19(5)23(30-22)24(28)27(7)8/h12-13,16-17,29H,9-11H2,1-8H3. The van der Waals surface area contributed by atoms with Crippen molar-refractivity contribution in [2.24, 2.45) is 0 Å². The summed E-state index contributed by atoms with van der Waals surface area (Å²) in [7, 11) is 3.60. The molecule has 0 saturated heterocycles. The van der Waals surface area contributed by atoms with Gasteiger partial charge in [0.15, 0.2) is 0 Å². The average Bonchev–Trinajstić information content (AvgIpc) is 3.10. The maximum Gasteiger partial charge on any atom is 0.263 e. The maximum atomic E-state index is 12.6. The molecule has 4 heteroatoms. The summed E-state index contributed by atoms with van der Waals surface area (Å²) in [4.78, 5) is 16.3. The summed E-state index contributed by atoms with van der Waals surface area (Å²) in [6.07, 6.45) is 2.50. The number of aryl methyl sites for hydroxylation is 2. The van der Waals surface area contributed by atoms with Crippen LogP contribution in [-0.4, -0.2) is 35.6 Å². The van der Waals surface area contributed by atoms with Crippen molar-refractivity contribution in [3.8, 4) is 11.8 Å². The van der Waals surface area contributed by atoms with Gasteiger partial charge in [0.25, 0.3) is 5.91 Å². The van der Waals surface area contributed by atoms with Gasteiger partial charge in [-0.2, -0.15) is 0 Å². The molecule has 1 aromatic heterocycles. The minimum Gasteiger partial charge on any atom is -0.378 e. The lowest BCUT2D eigenvalue weighted by Gasteiger charge is -2.32. The van der Waals surface area contributed by atoms with Crippen LogP contribution in [0, 0.1) is 25.7 Å². The molecular weight excluding hydrogens is 390 g/mol. The summed E-state index contributed by atoms with van der Waals surface area (Å²) in [5.74, 6) is 6.20. The van der Waals surface area contributed by atoms with Crippen LogP contribution in [-0.2, 0) is 5.41 Å². The molecule has 2 rings (SSSR count). The molecule has 1 aromatic carbocycles. The first kappa shape index (κ1) is 24.2. The van der Waals surface area contributed by atoms with E-state index in [1.54, 1.807) is 37.3 Å². The Morgan fingerprint density at radius 1 is 1.07 bits per heavy atom. The van der Waals surface area contributed by atoms with Crippen molar-refractivity contribution in [2.75, 3.05) is 14.1 Å². The Kier molecular flexibility index (Phi) is 7.55. The monoisotopic (exact) mass is 425 g/mol. The van der Waals surface area contributed by atoms with Gasteiger partial charge < -0.3 is 10.0 Å². The number of amides is 1. The first-order chi connectivity index (χ1) is 14.0. The molecule has 0 bridgehead atoms. The fourth-order valence-electron chi connectivity index (χ4n) is 3.67. The van der Waals surface area contributed by atoms with Crippen LogP contribution in [0.15, 0.2) is 24.3 Å². The Bertz CT molecular complexity index is 969. The highest BCUT2D eigenvalue weighted by Crippen LogP contribution is 2.43. The van der Waals surface area contributed by atoms with Crippen LogP contribution in [0.2, 0.25) is 0 Å². The van der Waals surface area contributed by atoms with Crippen LogP contribution < -0.4 is 0 Å². The fraction of sp³-hybridized carbons (Fsp3) is 0.500. The first-order valence-electron chi connectivity index (χ1n) is 10.7. The lowest BCUT2D eigenvalue weighted by Crippen LogP contribution is -2.25. The van der Waals surface area contributed by atoms with Crippen molar-refractivity contribution in [3.63, 3.8) is 0 Å². The van der Waals surface area contributed by atoms with E-state index in [-0.39, 0.29) is 11.3 Å². The minimum atomic E-state index is -0.967. The molecule has 0 radical (unpaired) electrons. The Morgan fingerprint density at radius 3 is 2.20 bits per heavy atom. The molecule has 3 nitrogen and oxygen atoms in total. The van der Waals surface area contributed by atoms with Crippen molar-refractivity contribution in [3.05, 3.63) is 56.3 Å². The summed E-state index contributed by atoms with van der Waals surface area (Å²) in [5.41, 5.74) is 3.25. The highest BCUT2D eigenvalue weighted by atomic mass is 32.1. The van der Waals surface area contributed by atoms with E-state index in [0.29, 0.717) is 6.42 Å². The third-order valence-electron chi connectivity index (χ3n) is 6.13. The van der Waals surface area contributed by atoms with Gasteiger partial charge >= 0.3 is 0 Å². The quantitative estimate of drug-likeness (QED) is 0.604. The summed E-state index contributed by atoms with van der Waals surface area (Å²) in [6, 6.07) is 8.64. The number of rotatable bonds is 6. The van der Waals surface area contributed by atoms with Crippen molar-refractivity contribution < 1.29 is 9.90 Å². The van der Waals surface area contributed by atoms with Crippen LogP contribution in [0.5, 0.6) is 0 Å². The van der Waals surface area contributed by atoms with E-state index >= 15 is 0 Å². The summed E-state index contributed by atoms with van der Waals surface area (Å²) >= 11 is 1.62. The van der Waals surface area contributed by atoms with Crippen molar-refractivity contribution in [1.29, 1.82) is 0 Å². The molecule has 1 unspecified atom stereocenters. The predicted octanol–water partition coefficient (Wildman–Crippen LogP) is 5.69. The molecule has 1 atom stereocenters. The zero-order chi connectivity index (χ0) is 22.7. The van der Waals surface area contributed by atoms with Crippen molar-refractivity contribution >= 4 is 17.2 Å². The summed E-state index contributed by atoms with van der Waals surface area (Å²) in [6.45, 7) is 12.2. The van der Waals surface area contributed by atoms with Gasteiger partial charge in [-0.25, -0.2) is 0 Å². The number of nitrogens with zero attached hydrogens (tertiary/aromatic N) is 1. The molecule has 0 fully saturated rings. The van der Waals surface area contributed by atoms with Crippen LogP contribution in [0.1, 0.15) is 83.8 Å². The number of hydrogen-bond donors (Lipinski definition) is 1. The second-order valence-electron chi connectivity index (χ2n) is 8.52. The van der Waals surface area contributed by atoms with E-state index < -0.39 is 5.60 Å². The van der Waals surface area contributed by atoms with E-state index in [0.717, 1.165) is 34.4 Å². The molecule has 0 aliphatic heterocycles. The SMILES string of the molecule is CCC(C)(O)C#Cc1ccc(C(CC)(CC)c2cc(C)c(C(=O)N(C)C)s2)cc1C. The Hall–Kier alpha value is -2.09. The third kappa shape index (κ3) is 4.79. The Balaban J connectivity index is 2.54. The number of aliphatic hydroxyl groups is 1. The number of carbonyl (C=O) groups excluding carboxylic acids is 1. The Labute approximate surface area is 186 Å². The zero-order valence-corrected chi connectivity index (χ0v) is 20.5. The van der Waals surface area contributed by atoms with E-state index in [9.17, 15) is 9.90 Å². The molecule has 1 N–H and O–H groups in total. The summed E-state index contributed by atoms with van der Waals surface area (Å²) in [5, 5.41) is 10.2. The topological polar surface area (TPSA) is 40.5 Å². The predicted molar refractivity (Wildman–Crippen MR) is 127 cm³/mol. The maximum absolute atomic E-state index is 12.6. The van der Waals surface area contributed by atoms with Gasteiger partial charge in [0.2, 0.25) is 0 Å². The lowest BCUT2D eigenvalue weighted by molar-refractivity contribution is 0.0831. The molecule has 0 aliphatic carbocycles. The number of carbonyl (C=O) groups is 1. The normalized spacial score (nSPS) is 13.4. The van der Waals surface area contributed by atoms with Gasteiger partial charge in [-0.1, -0.05) is 44.7 Å². The summed E-state index contributed by atoms with van der Waals surface area (Å²) < 4.78 is 0. The second kappa shape index (κ2) is 9.37. The van der Waals surface area contributed by atoms with E-state index in [2.05, 4.69) is 56.9 Å². The minimum absolute atomic E-state index is 0.0645. The number of hydrogen-bond acceptors (Lipinski definition) is 3. The highest BCUT2D eigenvalue weighted by Gasteiger charge is 2.34. The van der Waals surface area contributed by atoms with Gasteiger partial charge in [-0.05, 0) is 68.9 Å². The molecule has 1 heterocycles. The molecular formula is C26H35NO2S. The fourth-order valence-corrected chi connectivity index (χ4v) is 5.22. The van der Waals surface area contributed by atoms with E-state index in [1.165, 1.54) is 10.4 Å². The van der Waals surface area contributed by atoms with Crippen LogP contribution in [0.25, 0.3) is 0 Å². The third-order valence-corrected chi connectivity index (χ3v) is 7.56. The molecule has 30 heavy (non-hydrogen) atoms. The van der Waals surface area contributed by atoms with Crippen LogP contribution in [0.3, 0.4) is 0 Å². The smallest absolute Gasteiger partial charge is 0.263 e. The lowest BCUT2D eigenvalue weighted by atomic mass is 9.74. The second-order valence-corrected chi connectivity index (χ2v) is 9.57. The van der Waals surface area contributed by atoms with Crippen LogP contribution in [0.4, 0.5) is 0 Å². The molecule has 2 aromatic rings. The highest BCUT2D eigenvalue weighted by molar-refractivity contribution is 7.14. The molecule has 162 valence electrons. The zero-order valence-electron chi connectivity index (χ0n) is 19.6. The first-order valence-corrected chi connectivity index (χ1v) is 11.5. The molecule has 0 aliphatic rings. The Morgan fingerprint density at radius 2 is 1.70 bits per heavy atom. The van der Waals surface area contributed by atoms with E-state index in [1.807, 2.05) is 13.8 Å². The molecule has 0 saturated carbocycles. The van der Waals surface area contributed by atoms with Crippen molar-refractivity contribution in [2.45, 2.75) is 71.8 Å². The molecule has 0 spiro atoms. The molecule has 1 amide bonds. The number of thiophene rings is 1. The van der Waals surface area contributed by atoms with Gasteiger partial charge in [0.1, 0.15) is 5.60 Å². The largest absolute Gasteiger partial charge is 0.378 e. The van der Waals surface area contributed by atoms with Gasteiger partial charge in [0, 0.05) is 30.0 Å². The van der Waals surface area contributed by atoms with Crippen LogP contribution >= 0.6 is 11.3 Å². The van der Waals surface area contributed by atoms with Gasteiger partial charge in [0.05, 0.1) is 4.88 Å².